The lowest BCUT2D eigenvalue weighted by atomic mass is 9.95. The van der Waals surface area contributed by atoms with Crippen LogP contribution in [0.25, 0.3) is 22.4 Å². The fourth-order valence-electron chi connectivity index (χ4n) is 5.28. The van der Waals surface area contributed by atoms with Crippen LogP contribution >= 0.6 is 0 Å². The molecule has 1 N–H and O–H groups in total. The number of carbonyl (C=O) groups excluding carboxylic acids is 2. The first-order valence-corrected chi connectivity index (χ1v) is 14.9. The zero-order valence-corrected chi connectivity index (χ0v) is 23.3. The Morgan fingerprint density at radius 2 is 1.82 bits per heavy atom. The number of piperidine rings is 1. The molecule has 2 aliphatic heterocycles. The lowest BCUT2D eigenvalue weighted by Crippen LogP contribution is -2.51. The largest absolute Gasteiger partial charge is 0.451 e. The third kappa shape index (κ3) is 5.24. The van der Waals surface area contributed by atoms with Crippen LogP contribution in [0.5, 0.6) is 0 Å². The predicted molar refractivity (Wildman–Crippen MR) is 143 cm³/mol. The molecule has 40 heavy (non-hydrogen) atoms. The normalized spacial score (nSPS) is 20.1. The van der Waals surface area contributed by atoms with E-state index in [1.54, 1.807) is 6.92 Å². The number of carbonyl (C=O) groups is 2. The molecule has 1 saturated carbocycles. The third-order valence-corrected chi connectivity index (χ3v) is 9.31. The Bertz CT molecular complexity index is 1520. The van der Waals surface area contributed by atoms with Crippen LogP contribution in [0, 0.1) is 5.92 Å². The van der Waals surface area contributed by atoms with Gasteiger partial charge in [0, 0.05) is 32.1 Å². The molecular formula is C26H32N6O7S. The van der Waals surface area contributed by atoms with Crippen molar-refractivity contribution >= 4 is 38.7 Å². The molecule has 2 saturated heterocycles. The van der Waals surface area contributed by atoms with Crippen LogP contribution in [0.3, 0.4) is 0 Å². The van der Waals surface area contributed by atoms with E-state index in [9.17, 15) is 18.0 Å². The number of hydrogen-bond acceptors (Lipinski definition) is 11. The number of anilines is 1. The Morgan fingerprint density at radius 1 is 1.10 bits per heavy atom. The monoisotopic (exact) mass is 572 g/mol. The van der Waals surface area contributed by atoms with Crippen molar-refractivity contribution in [3.05, 3.63) is 24.8 Å². The summed E-state index contributed by atoms with van der Waals surface area (Å²) >= 11 is 0. The van der Waals surface area contributed by atoms with Crippen LogP contribution < -0.4 is 9.62 Å². The van der Waals surface area contributed by atoms with Gasteiger partial charge in [-0.3, -0.25) is 4.79 Å². The Labute approximate surface area is 231 Å². The Balaban J connectivity index is 1.28. The van der Waals surface area contributed by atoms with Gasteiger partial charge in [-0.05, 0) is 64.9 Å². The first kappa shape index (κ1) is 26.6. The highest BCUT2D eigenvalue weighted by Crippen LogP contribution is 2.39. The summed E-state index contributed by atoms with van der Waals surface area (Å²) in [4.78, 5) is 35.6. The third-order valence-electron chi connectivity index (χ3n) is 8.02. The van der Waals surface area contributed by atoms with E-state index in [1.165, 1.54) is 24.8 Å². The standard InChI is InChI=1S/C26H32N6O7S/c1-26(5-6-26)38-25(34)29-40(35,36)18-13-19-22(20-15-37-16-27-20)28-39-23(19)21(14-18)31-9-11-32(12-10-31)24(33)17-3-7-30(2)8-4-17/h13-17H,3-12H2,1-2H3,(H,29,34). The van der Waals surface area contributed by atoms with Crippen LogP contribution in [0.15, 0.2) is 38.6 Å². The van der Waals surface area contributed by atoms with E-state index in [1.807, 2.05) is 14.5 Å². The van der Waals surface area contributed by atoms with Gasteiger partial charge in [0.15, 0.2) is 12.0 Å². The van der Waals surface area contributed by atoms with Crippen molar-refractivity contribution in [3.8, 4) is 11.4 Å². The average Bonchev–Trinajstić information content (AvgIpc) is 3.30. The zero-order chi connectivity index (χ0) is 28.1. The molecule has 0 radical (unpaired) electrons. The van der Waals surface area contributed by atoms with E-state index >= 15 is 0 Å². The van der Waals surface area contributed by atoms with Gasteiger partial charge < -0.3 is 28.4 Å². The molecule has 13 nitrogen and oxygen atoms in total. The van der Waals surface area contributed by atoms with Crippen molar-refractivity contribution in [2.75, 3.05) is 51.2 Å². The SMILES string of the molecule is CN1CCC(C(=O)N2CCN(c3cc(S(=O)(=O)NC(=O)OC4(C)CC4)cc4c(-c5cocn5)noc34)CC2)CC1. The average molecular weight is 573 g/mol. The lowest BCUT2D eigenvalue weighted by molar-refractivity contribution is -0.137. The van der Waals surface area contributed by atoms with Gasteiger partial charge >= 0.3 is 6.09 Å². The van der Waals surface area contributed by atoms with E-state index in [0.29, 0.717) is 67.1 Å². The van der Waals surface area contributed by atoms with Crippen LogP contribution in [-0.2, 0) is 19.6 Å². The second-order valence-electron chi connectivity index (χ2n) is 11.1. The molecule has 2 aromatic heterocycles. The van der Waals surface area contributed by atoms with Crippen LogP contribution in [0.2, 0.25) is 0 Å². The molecule has 3 aromatic rings. The number of sulfonamides is 1. The summed E-state index contributed by atoms with van der Waals surface area (Å²) in [5.41, 5.74) is 0.927. The van der Waals surface area contributed by atoms with Crippen LogP contribution in [0.4, 0.5) is 10.5 Å². The summed E-state index contributed by atoms with van der Waals surface area (Å²) in [5, 5.41) is 4.55. The molecule has 1 aliphatic carbocycles. The lowest BCUT2D eigenvalue weighted by Gasteiger charge is -2.39. The predicted octanol–water partition coefficient (Wildman–Crippen LogP) is 2.44. The van der Waals surface area contributed by atoms with Gasteiger partial charge in [0.2, 0.25) is 5.91 Å². The zero-order valence-electron chi connectivity index (χ0n) is 22.5. The summed E-state index contributed by atoms with van der Waals surface area (Å²) in [5.74, 6) is 0.209. The van der Waals surface area contributed by atoms with Crippen LogP contribution in [-0.4, -0.2) is 92.3 Å². The maximum absolute atomic E-state index is 13.3. The van der Waals surface area contributed by atoms with E-state index in [4.69, 9.17) is 13.7 Å². The molecule has 3 aliphatic rings. The first-order valence-electron chi connectivity index (χ1n) is 13.4. The first-order chi connectivity index (χ1) is 19.1. The second-order valence-corrected chi connectivity index (χ2v) is 12.7. The van der Waals surface area contributed by atoms with Crippen molar-refractivity contribution in [2.24, 2.45) is 5.92 Å². The van der Waals surface area contributed by atoms with Crippen molar-refractivity contribution in [2.45, 2.75) is 43.1 Å². The number of ether oxygens (including phenoxy) is 1. The number of nitrogens with zero attached hydrogens (tertiary/aromatic N) is 5. The molecule has 6 rings (SSSR count). The summed E-state index contributed by atoms with van der Waals surface area (Å²) in [7, 11) is -2.23. The van der Waals surface area contributed by atoms with E-state index < -0.39 is 21.7 Å². The number of benzene rings is 1. The molecule has 2 amide bonds. The number of fused-ring (bicyclic) bond motifs is 1. The molecule has 0 atom stereocenters. The van der Waals surface area contributed by atoms with Gasteiger partial charge in [-0.25, -0.2) is 22.9 Å². The van der Waals surface area contributed by atoms with Gasteiger partial charge in [-0.2, -0.15) is 0 Å². The van der Waals surface area contributed by atoms with Crippen molar-refractivity contribution < 1.29 is 31.7 Å². The number of amides is 2. The maximum atomic E-state index is 13.3. The Kier molecular flexibility index (Phi) is 6.69. The van der Waals surface area contributed by atoms with Gasteiger partial charge in [0.1, 0.15) is 23.3 Å². The molecule has 4 heterocycles. The number of rotatable bonds is 6. The second kappa shape index (κ2) is 10.1. The smallest absolute Gasteiger partial charge is 0.421 e. The Hall–Kier alpha value is -3.65. The molecule has 214 valence electrons. The minimum atomic E-state index is -4.30. The number of oxazole rings is 1. The van der Waals surface area contributed by atoms with E-state index in [0.717, 1.165) is 25.9 Å². The number of nitrogens with one attached hydrogen (secondary N) is 1. The number of hydrogen-bond donors (Lipinski definition) is 1. The highest BCUT2D eigenvalue weighted by atomic mass is 32.2. The van der Waals surface area contributed by atoms with E-state index in [-0.39, 0.29) is 16.7 Å². The molecular weight excluding hydrogens is 540 g/mol. The highest BCUT2D eigenvalue weighted by molar-refractivity contribution is 7.90. The maximum Gasteiger partial charge on any atom is 0.421 e. The number of likely N-dealkylation sites (tertiary alicyclic amines) is 1. The van der Waals surface area contributed by atoms with Gasteiger partial charge in [-0.1, -0.05) is 5.16 Å². The molecule has 1 aromatic carbocycles. The quantitative estimate of drug-likeness (QED) is 0.464. The van der Waals surface area contributed by atoms with E-state index in [2.05, 4.69) is 22.1 Å². The minimum absolute atomic E-state index is 0.0333. The number of piperazine rings is 1. The number of aromatic nitrogens is 2. The molecule has 14 heteroatoms. The highest BCUT2D eigenvalue weighted by Gasteiger charge is 2.42. The summed E-state index contributed by atoms with van der Waals surface area (Å²) in [6, 6.07) is 2.86. The van der Waals surface area contributed by atoms with Crippen molar-refractivity contribution in [1.29, 1.82) is 0 Å². The molecule has 0 bridgehead atoms. The molecule has 3 fully saturated rings. The van der Waals surface area contributed by atoms with Gasteiger partial charge in [0.25, 0.3) is 10.0 Å². The van der Waals surface area contributed by atoms with Gasteiger partial charge in [0.05, 0.1) is 16.0 Å². The minimum Gasteiger partial charge on any atom is -0.451 e. The van der Waals surface area contributed by atoms with Crippen molar-refractivity contribution in [3.63, 3.8) is 0 Å². The fourth-order valence-corrected chi connectivity index (χ4v) is 6.20. The molecule has 0 unspecified atom stereocenters. The topological polar surface area (TPSA) is 151 Å². The van der Waals surface area contributed by atoms with Crippen LogP contribution in [0.1, 0.15) is 32.6 Å². The fraction of sp³-hybridized carbons (Fsp3) is 0.538. The van der Waals surface area contributed by atoms with Gasteiger partial charge in [-0.15, -0.1) is 0 Å². The van der Waals surface area contributed by atoms with Crippen molar-refractivity contribution in [1.82, 2.24) is 24.7 Å². The summed E-state index contributed by atoms with van der Waals surface area (Å²) in [6.45, 7) is 5.52. The summed E-state index contributed by atoms with van der Waals surface area (Å²) in [6.07, 6.45) is 4.69. The molecule has 0 spiro atoms. The summed E-state index contributed by atoms with van der Waals surface area (Å²) < 4.78 is 44.7. The Morgan fingerprint density at radius 3 is 2.48 bits per heavy atom.